The molecule has 1 spiro atoms. The third kappa shape index (κ3) is 5.47. The number of anilines is 3. The van der Waals surface area contributed by atoms with E-state index in [1.807, 2.05) is 6.07 Å². The summed E-state index contributed by atoms with van der Waals surface area (Å²) < 4.78 is 13.8. The number of nitrogens with zero attached hydrogens (tertiary/aromatic N) is 1. The molecule has 10 aromatic carbocycles. The quantitative estimate of drug-likeness (QED) is 0.167. The van der Waals surface area contributed by atoms with E-state index in [9.17, 15) is 0 Å². The minimum Gasteiger partial charge on any atom is -0.449 e. The van der Waals surface area contributed by atoms with E-state index in [4.69, 9.17) is 9.47 Å². The van der Waals surface area contributed by atoms with Crippen molar-refractivity contribution in [1.82, 2.24) is 0 Å². The van der Waals surface area contributed by atoms with Crippen LogP contribution in [-0.4, -0.2) is 0 Å². The zero-order valence-electron chi connectivity index (χ0n) is 34.8. The standard InChI is InChI=1S/C61H39NO2/c1-3-16-40(17-4-1)43-20-14-24-47(37-43)62(46-22-5-2-6-23-46)48-25-15-21-44(38-48)41-18-13-19-42(36-41)45-32-34-56-58(39-45)64-60-57(63-56)35-33-55-59(60)51-28-9-12-31-54(51)61(55)52-29-10-7-26-49(52)50-27-8-11-30-53(50)61/h1-39H. The number of hydrogen-bond donors (Lipinski definition) is 0. The summed E-state index contributed by atoms with van der Waals surface area (Å²) in [6.07, 6.45) is 0. The van der Waals surface area contributed by atoms with Gasteiger partial charge >= 0.3 is 0 Å². The van der Waals surface area contributed by atoms with Gasteiger partial charge in [-0.05, 0) is 133 Å². The second-order valence-corrected chi connectivity index (χ2v) is 16.8. The van der Waals surface area contributed by atoms with Crippen LogP contribution in [0.5, 0.6) is 23.0 Å². The van der Waals surface area contributed by atoms with Gasteiger partial charge in [0.2, 0.25) is 0 Å². The number of para-hydroxylation sites is 1. The summed E-state index contributed by atoms with van der Waals surface area (Å²) in [5.41, 5.74) is 19.5. The van der Waals surface area contributed by atoms with Crippen molar-refractivity contribution in [3.8, 4) is 78.6 Å². The number of rotatable bonds is 6. The predicted molar refractivity (Wildman–Crippen MR) is 260 cm³/mol. The topological polar surface area (TPSA) is 21.7 Å². The Labute approximate surface area is 372 Å². The third-order valence-corrected chi connectivity index (χ3v) is 13.3. The minimum atomic E-state index is -0.457. The first kappa shape index (κ1) is 36.3. The van der Waals surface area contributed by atoms with E-state index < -0.39 is 5.41 Å². The van der Waals surface area contributed by atoms with Crippen molar-refractivity contribution in [3.63, 3.8) is 0 Å². The monoisotopic (exact) mass is 817 g/mol. The van der Waals surface area contributed by atoms with Gasteiger partial charge in [0.05, 0.1) is 5.41 Å². The maximum absolute atomic E-state index is 7.07. The number of benzene rings is 10. The lowest BCUT2D eigenvalue weighted by Gasteiger charge is -2.31. The lowest BCUT2D eigenvalue weighted by Crippen LogP contribution is -2.25. The van der Waals surface area contributed by atoms with Crippen molar-refractivity contribution in [1.29, 1.82) is 0 Å². The van der Waals surface area contributed by atoms with E-state index in [0.717, 1.165) is 56.4 Å². The Morgan fingerprint density at radius 2 is 0.750 bits per heavy atom. The summed E-state index contributed by atoms with van der Waals surface area (Å²) >= 11 is 0. The van der Waals surface area contributed by atoms with Gasteiger partial charge in [-0.1, -0.05) is 176 Å². The SMILES string of the molecule is c1ccc(-c2cccc(N(c3ccccc3)c3cccc(-c4cccc(-c5ccc6c(c5)Oc5c(ccc7c5-c5ccccc5C75c7ccccc7-c7ccccc75)O6)c4)c3)c2)cc1. The fourth-order valence-electron chi connectivity index (χ4n) is 10.6. The van der Waals surface area contributed by atoms with Crippen LogP contribution in [0.3, 0.4) is 0 Å². The Kier molecular flexibility index (Phi) is 8.13. The number of fused-ring (bicyclic) bond motifs is 13. The largest absolute Gasteiger partial charge is 0.449 e. The van der Waals surface area contributed by atoms with E-state index in [2.05, 4.69) is 235 Å². The molecule has 3 nitrogen and oxygen atoms in total. The summed E-state index contributed by atoms with van der Waals surface area (Å²) in [5, 5.41) is 0. The first-order valence-electron chi connectivity index (χ1n) is 21.9. The van der Waals surface area contributed by atoms with Crippen LogP contribution in [0.2, 0.25) is 0 Å². The van der Waals surface area contributed by atoms with Crippen LogP contribution < -0.4 is 14.4 Å². The van der Waals surface area contributed by atoms with Crippen LogP contribution in [-0.2, 0) is 5.41 Å². The highest BCUT2D eigenvalue weighted by atomic mass is 16.6. The molecule has 0 N–H and O–H groups in total. The van der Waals surface area contributed by atoms with Gasteiger partial charge in [0.1, 0.15) is 0 Å². The summed E-state index contributed by atoms with van der Waals surface area (Å²) in [6, 6.07) is 84.8. The van der Waals surface area contributed by atoms with Gasteiger partial charge in [0.25, 0.3) is 0 Å². The zero-order chi connectivity index (χ0) is 42.2. The van der Waals surface area contributed by atoms with Crippen LogP contribution in [0.1, 0.15) is 22.3 Å². The Morgan fingerprint density at radius 3 is 1.41 bits per heavy atom. The molecule has 3 heteroatoms. The van der Waals surface area contributed by atoms with Gasteiger partial charge in [-0.15, -0.1) is 0 Å². The van der Waals surface area contributed by atoms with Gasteiger partial charge in [0, 0.05) is 22.6 Å². The van der Waals surface area contributed by atoms with Crippen molar-refractivity contribution in [2.45, 2.75) is 5.41 Å². The van der Waals surface area contributed by atoms with Crippen LogP contribution >= 0.6 is 0 Å². The molecule has 0 bridgehead atoms. The molecule has 0 radical (unpaired) electrons. The second-order valence-electron chi connectivity index (χ2n) is 16.8. The Bertz CT molecular complexity index is 3420. The Hall–Kier alpha value is -8.40. The average Bonchev–Trinajstić information content (AvgIpc) is 3.84. The normalized spacial score (nSPS) is 13.1. The van der Waals surface area contributed by atoms with Crippen molar-refractivity contribution in [2.75, 3.05) is 4.90 Å². The molecule has 0 atom stereocenters. The molecule has 300 valence electrons. The van der Waals surface area contributed by atoms with Gasteiger partial charge in [-0.3, -0.25) is 0 Å². The maximum atomic E-state index is 7.07. The van der Waals surface area contributed by atoms with Crippen molar-refractivity contribution < 1.29 is 9.47 Å². The highest BCUT2D eigenvalue weighted by Gasteiger charge is 2.53. The fourth-order valence-corrected chi connectivity index (χ4v) is 10.6. The smallest absolute Gasteiger partial charge is 0.178 e. The van der Waals surface area contributed by atoms with E-state index in [1.54, 1.807) is 0 Å². The van der Waals surface area contributed by atoms with E-state index in [-0.39, 0.29) is 0 Å². The molecule has 1 aliphatic heterocycles. The molecule has 0 fully saturated rings. The lowest BCUT2D eigenvalue weighted by molar-refractivity contribution is 0.360. The highest BCUT2D eigenvalue weighted by Crippen LogP contribution is 2.66. The maximum Gasteiger partial charge on any atom is 0.178 e. The van der Waals surface area contributed by atoms with Crippen LogP contribution in [0, 0.1) is 0 Å². The predicted octanol–water partition coefficient (Wildman–Crippen LogP) is 16.4. The number of hydrogen-bond acceptors (Lipinski definition) is 3. The molecule has 13 rings (SSSR count). The summed E-state index contributed by atoms with van der Waals surface area (Å²) in [7, 11) is 0. The molecular formula is C61H39NO2. The van der Waals surface area contributed by atoms with E-state index >= 15 is 0 Å². The average molecular weight is 818 g/mol. The highest BCUT2D eigenvalue weighted by molar-refractivity contribution is 5.98. The zero-order valence-corrected chi connectivity index (χ0v) is 34.8. The number of ether oxygens (including phenoxy) is 2. The molecule has 0 amide bonds. The molecule has 0 unspecified atom stereocenters. The molecule has 10 aromatic rings. The van der Waals surface area contributed by atoms with Crippen LogP contribution in [0.15, 0.2) is 237 Å². The molecule has 0 aromatic heterocycles. The Morgan fingerprint density at radius 1 is 0.281 bits per heavy atom. The Balaban J connectivity index is 0.869. The van der Waals surface area contributed by atoms with Gasteiger partial charge in [0.15, 0.2) is 23.0 Å². The molecule has 0 saturated heterocycles. The van der Waals surface area contributed by atoms with Crippen molar-refractivity contribution >= 4 is 17.1 Å². The van der Waals surface area contributed by atoms with Gasteiger partial charge in [-0.2, -0.15) is 0 Å². The molecule has 2 aliphatic carbocycles. The summed E-state index contributed by atoms with van der Waals surface area (Å²) in [4.78, 5) is 2.33. The van der Waals surface area contributed by atoms with Crippen molar-refractivity contribution in [2.24, 2.45) is 0 Å². The van der Waals surface area contributed by atoms with Gasteiger partial charge in [-0.25, -0.2) is 0 Å². The third-order valence-electron chi connectivity index (χ3n) is 13.3. The molecule has 0 saturated carbocycles. The molecular weight excluding hydrogens is 779 g/mol. The molecule has 3 aliphatic rings. The second kappa shape index (κ2) is 14.3. The summed E-state index contributed by atoms with van der Waals surface area (Å²) in [5.74, 6) is 2.89. The minimum absolute atomic E-state index is 0.457. The van der Waals surface area contributed by atoms with Crippen molar-refractivity contribution in [3.05, 3.63) is 259 Å². The van der Waals surface area contributed by atoms with E-state index in [0.29, 0.717) is 11.5 Å². The summed E-state index contributed by atoms with van der Waals surface area (Å²) in [6.45, 7) is 0. The first-order valence-corrected chi connectivity index (χ1v) is 21.9. The lowest BCUT2D eigenvalue weighted by atomic mass is 9.70. The molecule has 64 heavy (non-hydrogen) atoms. The van der Waals surface area contributed by atoms with Crippen LogP contribution in [0.4, 0.5) is 17.1 Å². The van der Waals surface area contributed by atoms with Gasteiger partial charge < -0.3 is 14.4 Å². The van der Waals surface area contributed by atoms with Crippen LogP contribution in [0.25, 0.3) is 55.6 Å². The molecule has 1 heterocycles. The first-order chi connectivity index (χ1) is 31.7. The fraction of sp³-hybridized carbons (Fsp3) is 0.0164. The van der Waals surface area contributed by atoms with E-state index in [1.165, 1.54) is 50.1 Å².